The maximum absolute atomic E-state index is 12.6. The number of benzene rings is 1. The molecule has 2 heterocycles. The van der Waals surface area contributed by atoms with Crippen molar-refractivity contribution in [2.75, 3.05) is 37.3 Å². The van der Waals surface area contributed by atoms with Gasteiger partial charge in [0.2, 0.25) is 5.91 Å². The van der Waals surface area contributed by atoms with Gasteiger partial charge in [-0.3, -0.25) is 4.79 Å². The summed E-state index contributed by atoms with van der Waals surface area (Å²) in [5.74, 6) is 0.415. The summed E-state index contributed by atoms with van der Waals surface area (Å²) in [6.45, 7) is 2.05. The van der Waals surface area contributed by atoms with E-state index in [1.54, 1.807) is 28.8 Å². The number of carbonyl (C=O) groups is 1. The maximum Gasteiger partial charge on any atom is 0.417 e. The predicted octanol–water partition coefficient (Wildman–Crippen LogP) is 4.18. The number of carbonyl (C=O) groups excluding carboxylic acids is 1. The number of halogens is 3. The van der Waals surface area contributed by atoms with E-state index in [9.17, 15) is 18.0 Å². The average Bonchev–Trinajstić information content (AvgIpc) is 2.72. The van der Waals surface area contributed by atoms with Crippen molar-refractivity contribution in [1.29, 1.82) is 0 Å². The molecular weight excluding hydrogens is 387 g/mol. The van der Waals surface area contributed by atoms with Gasteiger partial charge in [0.25, 0.3) is 0 Å². The first-order valence-electron chi connectivity index (χ1n) is 8.76. The fraction of sp³-hybridized carbons (Fsp3) is 0.300. The summed E-state index contributed by atoms with van der Waals surface area (Å²) in [4.78, 5) is 21.1. The molecule has 1 saturated heterocycles. The Bertz CT molecular complexity index is 827. The molecule has 0 N–H and O–H groups in total. The highest BCUT2D eigenvalue weighted by Crippen LogP contribution is 2.29. The Hall–Kier alpha value is -2.48. The van der Waals surface area contributed by atoms with Crippen LogP contribution in [0.25, 0.3) is 6.08 Å². The minimum atomic E-state index is -4.39. The molecule has 1 aromatic heterocycles. The molecule has 1 amide bonds. The van der Waals surface area contributed by atoms with Crippen LogP contribution in [0.1, 0.15) is 11.1 Å². The molecule has 28 heavy (non-hydrogen) atoms. The quantitative estimate of drug-likeness (QED) is 0.563. The molecule has 148 valence electrons. The second-order valence-electron chi connectivity index (χ2n) is 6.32. The van der Waals surface area contributed by atoms with E-state index in [0.29, 0.717) is 32.0 Å². The maximum atomic E-state index is 12.6. The third-order valence-corrected chi connectivity index (χ3v) is 5.27. The van der Waals surface area contributed by atoms with E-state index < -0.39 is 11.7 Å². The van der Waals surface area contributed by atoms with Gasteiger partial charge in [-0.2, -0.15) is 13.2 Å². The lowest BCUT2D eigenvalue weighted by atomic mass is 10.2. The standard InChI is InChI=1S/C20H20F3N3OS/c1-28-17-6-2-15(3-7-17)4-9-19(27)26-12-10-25(11-13-26)18-8-5-16(14-24-18)20(21,22)23/h2-9,14H,10-13H2,1H3/b9-4+. The molecule has 0 aliphatic carbocycles. The lowest BCUT2D eigenvalue weighted by Gasteiger charge is -2.35. The van der Waals surface area contributed by atoms with E-state index in [-0.39, 0.29) is 5.91 Å². The van der Waals surface area contributed by atoms with Gasteiger partial charge in [-0.15, -0.1) is 11.8 Å². The van der Waals surface area contributed by atoms with Gasteiger partial charge in [0.15, 0.2) is 0 Å². The monoisotopic (exact) mass is 407 g/mol. The van der Waals surface area contributed by atoms with Crippen LogP contribution in [0, 0.1) is 0 Å². The highest BCUT2D eigenvalue weighted by Gasteiger charge is 2.31. The number of nitrogens with zero attached hydrogens (tertiary/aromatic N) is 3. The van der Waals surface area contributed by atoms with Crippen molar-refractivity contribution < 1.29 is 18.0 Å². The molecule has 0 saturated carbocycles. The van der Waals surface area contributed by atoms with Crippen LogP contribution in [0.2, 0.25) is 0 Å². The van der Waals surface area contributed by atoms with Gasteiger partial charge >= 0.3 is 6.18 Å². The van der Waals surface area contributed by atoms with E-state index >= 15 is 0 Å². The Balaban J connectivity index is 1.54. The molecule has 2 aromatic rings. The molecule has 0 spiro atoms. The molecule has 3 rings (SSSR count). The number of aromatic nitrogens is 1. The number of rotatable bonds is 4. The summed E-state index contributed by atoms with van der Waals surface area (Å²) in [6.07, 6.45) is 1.81. The predicted molar refractivity (Wildman–Crippen MR) is 105 cm³/mol. The van der Waals surface area contributed by atoms with Crippen LogP contribution in [0.15, 0.2) is 53.6 Å². The first-order valence-corrected chi connectivity index (χ1v) is 9.98. The van der Waals surface area contributed by atoms with Crippen LogP contribution in [0.5, 0.6) is 0 Å². The van der Waals surface area contributed by atoms with Gasteiger partial charge in [-0.05, 0) is 42.2 Å². The molecule has 4 nitrogen and oxygen atoms in total. The SMILES string of the molecule is CSc1ccc(/C=C/C(=O)N2CCN(c3ccc(C(F)(F)F)cn3)CC2)cc1. The smallest absolute Gasteiger partial charge is 0.353 e. The Morgan fingerprint density at radius 3 is 2.29 bits per heavy atom. The molecule has 1 aromatic carbocycles. The van der Waals surface area contributed by atoms with Crippen molar-refractivity contribution in [3.05, 3.63) is 59.8 Å². The lowest BCUT2D eigenvalue weighted by Crippen LogP contribution is -2.48. The van der Waals surface area contributed by atoms with Crippen LogP contribution in [0.4, 0.5) is 19.0 Å². The number of pyridine rings is 1. The first kappa shape index (κ1) is 20.3. The van der Waals surface area contributed by atoms with Crippen molar-refractivity contribution >= 4 is 29.6 Å². The van der Waals surface area contributed by atoms with E-state index in [4.69, 9.17) is 0 Å². The summed E-state index contributed by atoms with van der Waals surface area (Å²) >= 11 is 1.66. The Morgan fingerprint density at radius 1 is 1.07 bits per heavy atom. The summed E-state index contributed by atoms with van der Waals surface area (Å²) < 4.78 is 37.9. The van der Waals surface area contributed by atoms with Gasteiger partial charge in [0.1, 0.15) is 5.82 Å². The molecule has 1 aliphatic heterocycles. The number of anilines is 1. The van der Waals surface area contributed by atoms with Gasteiger partial charge in [0, 0.05) is 43.3 Å². The molecule has 0 atom stereocenters. The Kier molecular flexibility index (Phi) is 6.28. The molecule has 8 heteroatoms. The van der Waals surface area contributed by atoms with Crippen LogP contribution in [0.3, 0.4) is 0 Å². The molecule has 1 aliphatic rings. The van der Waals surface area contributed by atoms with Gasteiger partial charge < -0.3 is 9.80 Å². The topological polar surface area (TPSA) is 36.4 Å². The first-order chi connectivity index (χ1) is 13.4. The molecule has 0 bridgehead atoms. The number of piperazine rings is 1. The molecular formula is C20H20F3N3OS. The van der Waals surface area contributed by atoms with Gasteiger partial charge in [0.05, 0.1) is 5.56 Å². The number of amides is 1. The van der Waals surface area contributed by atoms with E-state index in [2.05, 4.69) is 4.98 Å². The Labute approximate surface area is 166 Å². The molecule has 0 unspecified atom stereocenters. The third kappa shape index (κ3) is 5.07. The fourth-order valence-corrected chi connectivity index (χ4v) is 3.29. The van der Waals surface area contributed by atoms with Crippen LogP contribution in [-0.4, -0.2) is 48.2 Å². The summed E-state index contributed by atoms with van der Waals surface area (Å²) in [6, 6.07) is 10.3. The third-order valence-electron chi connectivity index (χ3n) is 4.52. The number of hydrogen-bond acceptors (Lipinski definition) is 4. The average molecular weight is 407 g/mol. The van der Waals surface area contributed by atoms with Crippen molar-refractivity contribution in [3.8, 4) is 0 Å². The largest absolute Gasteiger partial charge is 0.417 e. The highest BCUT2D eigenvalue weighted by molar-refractivity contribution is 7.98. The van der Waals surface area contributed by atoms with Crippen LogP contribution < -0.4 is 4.90 Å². The summed E-state index contributed by atoms with van der Waals surface area (Å²) in [5.41, 5.74) is 0.194. The van der Waals surface area contributed by atoms with E-state index in [1.807, 2.05) is 35.4 Å². The fourth-order valence-electron chi connectivity index (χ4n) is 2.88. The van der Waals surface area contributed by atoms with E-state index in [0.717, 1.165) is 22.7 Å². The van der Waals surface area contributed by atoms with Crippen LogP contribution >= 0.6 is 11.8 Å². The van der Waals surface area contributed by atoms with Crippen molar-refractivity contribution in [1.82, 2.24) is 9.88 Å². The zero-order valence-electron chi connectivity index (χ0n) is 15.3. The van der Waals surface area contributed by atoms with Crippen molar-refractivity contribution in [3.63, 3.8) is 0 Å². The van der Waals surface area contributed by atoms with Gasteiger partial charge in [-0.25, -0.2) is 4.98 Å². The number of thioether (sulfide) groups is 1. The minimum Gasteiger partial charge on any atom is -0.353 e. The van der Waals surface area contributed by atoms with E-state index in [1.165, 1.54) is 6.07 Å². The van der Waals surface area contributed by atoms with Gasteiger partial charge in [-0.1, -0.05) is 12.1 Å². The normalized spacial score (nSPS) is 15.3. The highest BCUT2D eigenvalue weighted by atomic mass is 32.2. The second-order valence-corrected chi connectivity index (χ2v) is 7.20. The Morgan fingerprint density at radius 2 is 1.75 bits per heavy atom. The van der Waals surface area contributed by atoms with Crippen molar-refractivity contribution in [2.45, 2.75) is 11.1 Å². The zero-order valence-corrected chi connectivity index (χ0v) is 16.1. The minimum absolute atomic E-state index is 0.0750. The summed E-state index contributed by atoms with van der Waals surface area (Å²) in [7, 11) is 0. The van der Waals surface area contributed by atoms with Crippen LogP contribution in [-0.2, 0) is 11.0 Å². The molecule has 1 fully saturated rings. The number of hydrogen-bond donors (Lipinski definition) is 0. The number of alkyl halides is 3. The van der Waals surface area contributed by atoms with Crippen molar-refractivity contribution in [2.24, 2.45) is 0 Å². The summed E-state index contributed by atoms with van der Waals surface area (Å²) in [5, 5.41) is 0. The zero-order chi connectivity index (χ0) is 20.1. The molecule has 0 radical (unpaired) electrons. The second kappa shape index (κ2) is 8.68. The lowest BCUT2D eigenvalue weighted by molar-refractivity contribution is -0.137.